The molecule has 1 aliphatic heterocycles. The maximum absolute atomic E-state index is 13.6. The van der Waals surface area contributed by atoms with Gasteiger partial charge in [0.05, 0.1) is 0 Å². The fraction of sp³-hybridized carbons (Fsp3) is 0.529. The fourth-order valence-electron chi connectivity index (χ4n) is 2.52. The number of carbonyl (C=O) groups is 2. The van der Waals surface area contributed by atoms with Crippen molar-refractivity contribution in [2.45, 2.75) is 51.8 Å². The molecule has 1 aliphatic rings. The summed E-state index contributed by atoms with van der Waals surface area (Å²) in [4.78, 5) is 25.9. The van der Waals surface area contributed by atoms with Gasteiger partial charge < -0.3 is 10.1 Å². The average Bonchev–Trinajstić information content (AvgIpc) is 2.94. The molecule has 6 heteroatoms. The number of amides is 2. The van der Waals surface area contributed by atoms with Crippen LogP contribution in [0.1, 0.15) is 39.2 Å². The van der Waals surface area contributed by atoms with Gasteiger partial charge in [0, 0.05) is 18.7 Å². The molecule has 23 heavy (non-hydrogen) atoms. The van der Waals surface area contributed by atoms with Crippen LogP contribution in [0.3, 0.4) is 0 Å². The van der Waals surface area contributed by atoms with E-state index in [1.54, 1.807) is 39.0 Å². The summed E-state index contributed by atoms with van der Waals surface area (Å²) in [6.45, 7) is 5.95. The van der Waals surface area contributed by atoms with Crippen LogP contribution in [-0.4, -0.2) is 35.1 Å². The molecule has 1 aromatic carbocycles. The van der Waals surface area contributed by atoms with Crippen LogP contribution in [0.5, 0.6) is 0 Å². The summed E-state index contributed by atoms with van der Waals surface area (Å²) in [7, 11) is 0. The Kier molecular flexibility index (Phi) is 5.23. The fourth-order valence-corrected chi connectivity index (χ4v) is 2.52. The van der Waals surface area contributed by atoms with Crippen LogP contribution in [0, 0.1) is 5.82 Å². The summed E-state index contributed by atoms with van der Waals surface area (Å²) in [5, 5.41) is 2.70. The zero-order valence-electron chi connectivity index (χ0n) is 13.8. The smallest absolute Gasteiger partial charge is 0.410 e. The van der Waals surface area contributed by atoms with Gasteiger partial charge in [0.1, 0.15) is 17.5 Å². The molecule has 2 amide bonds. The summed E-state index contributed by atoms with van der Waals surface area (Å²) in [5.41, 5.74) is -0.184. The maximum Gasteiger partial charge on any atom is 0.410 e. The molecule has 0 spiro atoms. The van der Waals surface area contributed by atoms with Crippen molar-refractivity contribution in [2.75, 3.05) is 6.54 Å². The molecule has 0 aromatic heterocycles. The van der Waals surface area contributed by atoms with Crippen LogP contribution in [0.15, 0.2) is 24.3 Å². The number of halogens is 1. The Morgan fingerprint density at radius 1 is 1.35 bits per heavy atom. The SMILES string of the molecule is CC(C)(C)OC(=O)N1CCC[C@H]1C(=O)NCc1ccccc1F. The van der Waals surface area contributed by atoms with Gasteiger partial charge in [-0.05, 0) is 39.7 Å². The van der Waals surface area contributed by atoms with Crippen molar-refractivity contribution in [1.29, 1.82) is 0 Å². The van der Waals surface area contributed by atoms with Crippen molar-refractivity contribution in [3.63, 3.8) is 0 Å². The second-order valence-corrected chi connectivity index (χ2v) is 6.64. The predicted octanol–water partition coefficient (Wildman–Crippen LogP) is 2.84. The number of rotatable bonds is 3. The minimum atomic E-state index is -0.603. The molecule has 0 aliphatic carbocycles. The molecule has 1 heterocycles. The van der Waals surface area contributed by atoms with E-state index in [4.69, 9.17) is 4.74 Å². The number of benzene rings is 1. The Morgan fingerprint density at radius 2 is 2.04 bits per heavy atom. The van der Waals surface area contributed by atoms with Crippen LogP contribution in [0.4, 0.5) is 9.18 Å². The molecule has 2 rings (SSSR count). The third-order valence-corrected chi connectivity index (χ3v) is 3.59. The molecule has 5 nitrogen and oxygen atoms in total. The van der Waals surface area contributed by atoms with E-state index in [-0.39, 0.29) is 18.3 Å². The standard InChI is InChI=1S/C17H23FN2O3/c1-17(2,3)23-16(22)20-10-6-9-14(20)15(21)19-11-12-7-4-5-8-13(12)18/h4-5,7-8,14H,6,9-11H2,1-3H3,(H,19,21)/t14-/m0/s1. The lowest BCUT2D eigenvalue weighted by Gasteiger charge is -2.28. The Bertz CT molecular complexity index is 583. The lowest BCUT2D eigenvalue weighted by Crippen LogP contribution is -2.47. The summed E-state index contributed by atoms with van der Waals surface area (Å²) in [5.74, 6) is -0.639. The van der Waals surface area contributed by atoms with Gasteiger partial charge in [-0.2, -0.15) is 0 Å². The van der Waals surface area contributed by atoms with Crippen molar-refractivity contribution >= 4 is 12.0 Å². The molecule has 1 fully saturated rings. The van der Waals surface area contributed by atoms with Crippen LogP contribution >= 0.6 is 0 Å². The highest BCUT2D eigenvalue weighted by atomic mass is 19.1. The molecule has 0 unspecified atom stereocenters. The van der Waals surface area contributed by atoms with Gasteiger partial charge in [-0.3, -0.25) is 9.69 Å². The minimum Gasteiger partial charge on any atom is -0.444 e. The number of ether oxygens (including phenoxy) is 1. The van der Waals surface area contributed by atoms with Crippen molar-refractivity contribution in [3.8, 4) is 0 Å². The molecule has 0 radical (unpaired) electrons. The van der Waals surface area contributed by atoms with Gasteiger partial charge >= 0.3 is 6.09 Å². The zero-order valence-corrected chi connectivity index (χ0v) is 13.8. The number of hydrogen-bond donors (Lipinski definition) is 1. The van der Waals surface area contributed by atoms with Gasteiger partial charge in [0.15, 0.2) is 0 Å². The first-order valence-corrected chi connectivity index (χ1v) is 7.78. The van der Waals surface area contributed by atoms with Gasteiger partial charge in [-0.15, -0.1) is 0 Å². The second-order valence-electron chi connectivity index (χ2n) is 6.64. The van der Waals surface area contributed by atoms with Crippen molar-refractivity contribution < 1.29 is 18.7 Å². The molecule has 126 valence electrons. The highest BCUT2D eigenvalue weighted by Gasteiger charge is 2.36. The lowest BCUT2D eigenvalue weighted by atomic mass is 10.2. The first-order chi connectivity index (χ1) is 10.8. The molecular formula is C17H23FN2O3. The molecule has 0 saturated carbocycles. The number of likely N-dealkylation sites (tertiary alicyclic amines) is 1. The summed E-state index contributed by atoms with van der Waals surface area (Å²) >= 11 is 0. The molecule has 1 atom stereocenters. The summed E-state index contributed by atoms with van der Waals surface area (Å²) < 4.78 is 18.9. The van der Waals surface area contributed by atoms with Crippen molar-refractivity contribution in [3.05, 3.63) is 35.6 Å². The average molecular weight is 322 g/mol. The first kappa shape index (κ1) is 17.2. The zero-order chi connectivity index (χ0) is 17.0. The molecular weight excluding hydrogens is 299 g/mol. The highest BCUT2D eigenvalue weighted by Crippen LogP contribution is 2.21. The first-order valence-electron chi connectivity index (χ1n) is 7.78. The quantitative estimate of drug-likeness (QED) is 0.931. The van der Waals surface area contributed by atoms with E-state index >= 15 is 0 Å². The predicted molar refractivity (Wildman–Crippen MR) is 84.2 cm³/mol. The van der Waals surface area contributed by atoms with E-state index in [9.17, 15) is 14.0 Å². The van der Waals surface area contributed by atoms with Crippen LogP contribution in [-0.2, 0) is 16.1 Å². The highest BCUT2D eigenvalue weighted by molar-refractivity contribution is 5.86. The largest absolute Gasteiger partial charge is 0.444 e. The topological polar surface area (TPSA) is 58.6 Å². The number of hydrogen-bond acceptors (Lipinski definition) is 3. The van der Waals surface area contributed by atoms with Gasteiger partial charge in [0.25, 0.3) is 0 Å². The molecule has 1 N–H and O–H groups in total. The number of nitrogens with zero attached hydrogens (tertiary/aromatic N) is 1. The summed E-state index contributed by atoms with van der Waals surface area (Å²) in [6.07, 6.45) is 0.848. The van der Waals surface area contributed by atoms with E-state index in [1.807, 2.05) is 0 Å². The minimum absolute atomic E-state index is 0.101. The normalized spacial score (nSPS) is 17.9. The third kappa shape index (κ3) is 4.68. The maximum atomic E-state index is 13.6. The summed E-state index contributed by atoms with van der Waals surface area (Å²) in [6, 6.07) is 5.73. The van der Waals surface area contributed by atoms with Crippen LogP contribution in [0.25, 0.3) is 0 Å². The van der Waals surface area contributed by atoms with E-state index in [2.05, 4.69) is 5.32 Å². The molecule has 0 bridgehead atoms. The van der Waals surface area contributed by atoms with Crippen molar-refractivity contribution in [2.24, 2.45) is 0 Å². The van der Waals surface area contributed by atoms with E-state index < -0.39 is 17.7 Å². The third-order valence-electron chi connectivity index (χ3n) is 3.59. The Balaban J connectivity index is 1.95. The van der Waals surface area contributed by atoms with E-state index in [0.29, 0.717) is 18.5 Å². The molecule has 1 saturated heterocycles. The Morgan fingerprint density at radius 3 is 2.70 bits per heavy atom. The second kappa shape index (κ2) is 6.98. The van der Waals surface area contributed by atoms with Crippen LogP contribution in [0.2, 0.25) is 0 Å². The number of carbonyl (C=O) groups excluding carboxylic acids is 2. The number of nitrogens with one attached hydrogen (secondary N) is 1. The molecule has 1 aromatic rings. The Labute approximate surface area is 135 Å². The monoisotopic (exact) mass is 322 g/mol. The van der Waals surface area contributed by atoms with Crippen molar-refractivity contribution in [1.82, 2.24) is 10.2 Å². The van der Waals surface area contributed by atoms with E-state index in [0.717, 1.165) is 6.42 Å². The van der Waals surface area contributed by atoms with E-state index in [1.165, 1.54) is 11.0 Å². The van der Waals surface area contributed by atoms with Gasteiger partial charge in [-0.25, -0.2) is 9.18 Å². The lowest BCUT2D eigenvalue weighted by molar-refractivity contribution is -0.125. The Hall–Kier alpha value is -2.11. The van der Waals surface area contributed by atoms with Crippen LogP contribution < -0.4 is 5.32 Å². The van der Waals surface area contributed by atoms with Gasteiger partial charge in [-0.1, -0.05) is 18.2 Å². The van der Waals surface area contributed by atoms with Gasteiger partial charge in [0.2, 0.25) is 5.91 Å².